The quantitative estimate of drug-likeness (QED) is 0.300. The van der Waals surface area contributed by atoms with E-state index in [4.69, 9.17) is 9.52 Å². The number of aliphatic hydroxyl groups is 4. The lowest BCUT2D eigenvalue weighted by atomic mass is 9.85. The van der Waals surface area contributed by atoms with E-state index in [1.807, 2.05) is 0 Å². The molecular formula is C21H33NO6. The zero-order chi connectivity index (χ0) is 20.4. The van der Waals surface area contributed by atoms with Crippen molar-refractivity contribution in [2.45, 2.75) is 76.1 Å². The van der Waals surface area contributed by atoms with Gasteiger partial charge in [-0.25, -0.2) is 4.99 Å². The molecule has 1 aromatic heterocycles. The first-order valence-electron chi connectivity index (χ1n) is 10.3. The van der Waals surface area contributed by atoms with E-state index in [0.29, 0.717) is 31.6 Å². The Hall–Kier alpha value is -1.54. The van der Waals surface area contributed by atoms with Crippen LogP contribution in [0.1, 0.15) is 57.8 Å². The Balaban J connectivity index is 1.71. The maximum atomic E-state index is 11.1. The number of rotatable bonds is 13. The van der Waals surface area contributed by atoms with Crippen molar-refractivity contribution in [2.24, 2.45) is 16.8 Å². The third kappa shape index (κ3) is 7.47. The molecule has 5 atom stereocenters. The van der Waals surface area contributed by atoms with Gasteiger partial charge in [-0.15, -0.1) is 0 Å². The second kappa shape index (κ2) is 12.1. The zero-order valence-corrected chi connectivity index (χ0v) is 16.3. The van der Waals surface area contributed by atoms with E-state index in [1.165, 1.54) is 12.5 Å². The number of aliphatic imine (C=N–C) groups is 1. The lowest BCUT2D eigenvalue weighted by Gasteiger charge is -2.24. The van der Waals surface area contributed by atoms with Gasteiger partial charge in [0.05, 0.1) is 24.6 Å². The van der Waals surface area contributed by atoms with Crippen molar-refractivity contribution >= 4 is 17.9 Å². The number of furan rings is 1. The standard InChI is InChI=1S/C21H33NO6/c23-14-16(25)6-3-1-2-4-7-17-18(20(27)12-19(17)26)10-9-15(24)13-22-21-8-5-11-28-21/h5,8,11,13,15,17-20,23-24,26-27H,1-4,6-7,9-10,12,14H2/t15?,17-,18-,19+,20-/m1/s1. The number of Topliss-reactive ketones (excluding diaryl/α,β-unsaturated/α-hetero) is 1. The number of carbonyl (C=O) groups excluding carboxylic acids is 1. The molecule has 0 spiro atoms. The molecule has 1 heterocycles. The lowest BCUT2D eigenvalue weighted by Crippen LogP contribution is -2.24. The summed E-state index contributed by atoms with van der Waals surface area (Å²) >= 11 is 0. The summed E-state index contributed by atoms with van der Waals surface area (Å²) in [5.74, 6) is 0.318. The fraction of sp³-hybridized carbons (Fsp3) is 0.714. The van der Waals surface area contributed by atoms with Gasteiger partial charge in [0.2, 0.25) is 5.88 Å². The van der Waals surface area contributed by atoms with E-state index in [2.05, 4.69) is 4.99 Å². The van der Waals surface area contributed by atoms with Crippen LogP contribution in [0.5, 0.6) is 0 Å². The van der Waals surface area contributed by atoms with Crippen LogP contribution < -0.4 is 0 Å². The summed E-state index contributed by atoms with van der Waals surface area (Å²) in [6, 6.07) is 3.43. The Morgan fingerprint density at radius 3 is 2.57 bits per heavy atom. The van der Waals surface area contributed by atoms with Gasteiger partial charge in [-0.3, -0.25) is 4.79 Å². The van der Waals surface area contributed by atoms with Crippen LogP contribution in [0.4, 0.5) is 5.88 Å². The van der Waals surface area contributed by atoms with Crippen molar-refractivity contribution in [2.75, 3.05) is 6.61 Å². The molecule has 0 bridgehead atoms. The molecule has 1 fully saturated rings. The molecule has 7 heteroatoms. The summed E-state index contributed by atoms with van der Waals surface area (Å²) in [5, 5.41) is 39.4. The Morgan fingerprint density at radius 2 is 1.89 bits per heavy atom. The Morgan fingerprint density at radius 1 is 1.18 bits per heavy atom. The van der Waals surface area contributed by atoms with E-state index in [-0.39, 0.29) is 24.2 Å². The number of carbonyl (C=O) groups is 1. The van der Waals surface area contributed by atoms with Crippen molar-refractivity contribution in [3.05, 3.63) is 18.4 Å². The minimum atomic E-state index is -0.722. The van der Waals surface area contributed by atoms with Crippen LogP contribution in [0.15, 0.2) is 27.8 Å². The Bertz CT molecular complexity index is 588. The predicted molar refractivity (Wildman–Crippen MR) is 106 cm³/mol. The van der Waals surface area contributed by atoms with Crippen molar-refractivity contribution in [1.29, 1.82) is 0 Å². The lowest BCUT2D eigenvalue weighted by molar-refractivity contribution is -0.121. The highest BCUT2D eigenvalue weighted by Crippen LogP contribution is 2.39. The highest BCUT2D eigenvalue weighted by atomic mass is 16.3. The maximum absolute atomic E-state index is 11.1. The first-order valence-corrected chi connectivity index (χ1v) is 10.3. The summed E-state index contributed by atoms with van der Waals surface area (Å²) in [7, 11) is 0. The number of aliphatic hydroxyl groups excluding tert-OH is 4. The number of ketones is 1. The largest absolute Gasteiger partial charge is 0.447 e. The molecule has 1 saturated carbocycles. The fourth-order valence-corrected chi connectivity index (χ4v) is 4.06. The summed E-state index contributed by atoms with van der Waals surface area (Å²) in [4.78, 5) is 15.1. The highest BCUT2D eigenvalue weighted by molar-refractivity contribution is 5.79. The molecule has 28 heavy (non-hydrogen) atoms. The van der Waals surface area contributed by atoms with Crippen molar-refractivity contribution < 1.29 is 29.6 Å². The molecular weight excluding hydrogens is 362 g/mol. The Labute approximate surface area is 166 Å². The first kappa shape index (κ1) is 22.7. The minimum Gasteiger partial charge on any atom is -0.447 e. The fourth-order valence-electron chi connectivity index (χ4n) is 4.06. The van der Waals surface area contributed by atoms with Gasteiger partial charge in [0, 0.05) is 18.7 Å². The monoisotopic (exact) mass is 395 g/mol. The van der Waals surface area contributed by atoms with Crippen LogP contribution >= 0.6 is 0 Å². The summed E-state index contributed by atoms with van der Waals surface area (Å²) in [5.41, 5.74) is 0. The van der Waals surface area contributed by atoms with Crippen molar-refractivity contribution in [1.82, 2.24) is 0 Å². The van der Waals surface area contributed by atoms with Crippen molar-refractivity contribution in [3.8, 4) is 0 Å². The van der Waals surface area contributed by atoms with Gasteiger partial charge >= 0.3 is 0 Å². The van der Waals surface area contributed by atoms with Crippen LogP contribution in [0.2, 0.25) is 0 Å². The third-order valence-corrected chi connectivity index (χ3v) is 5.62. The average Bonchev–Trinajstić information content (AvgIpc) is 3.29. The van der Waals surface area contributed by atoms with E-state index < -0.39 is 18.3 Å². The van der Waals surface area contributed by atoms with Crippen molar-refractivity contribution in [3.63, 3.8) is 0 Å². The molecule has 0 saturated heterocycles. The predicted octanol–water partition coefficient (Wildman–Crippen LogP) is 2.38. The highest BCUT2D eigenvalue weighted by Gasteiger charge is 2.40. The Kier molecular flexibility index (Phi) is 9.84. The van der Waals surface area contributed by atoms with Crippen LogP contribution in [0.3, 0.4) is 0 Å². The van der Waals surface area contributed by atoms with E-state index in [1.54, 1.807) is 12.1 Å². The molecule has 1 aromatic rings. The van der Waals surface area contributed by atoms with Crippen LogP contribution in [-0.4, -0.2) is 57.3 Å². The summed E-state index contributed by atoms with van der Waals surface area (Å²) in [6.07, 6.45) is 7.50. The zero-order valence-electron chi connectivity index (χ0n) is 16.3. The average molecular weight is 395 g/mol. The molecule has 0 aromatic carbocycles. The van der Waals surface area contributed by atoms with E-state index >= 15 is 0 Å². The van der Waals surface area contributed by atoms with E-state index in [9.17, 15) is 20.1 Å². The van der Waals surface area contributed by atoms with Gasteiger partial charge in [-0.1, -0.05) is 19.3 Å². The molecule has 7 nitrogen and oxygen atoms in total. The second-order valence-electron chi connectivity index (χ2n) is 7.72. The topological polar surface area (TPSA) is 123 Å². The first-order chi connectivity index (χ1) is 13.5. The van der Waals surface area contributed by atoms with Gasteiger partial charge < -0.3 is 24.8 Å². The van der Waals surface area contributed by atoms with E-state index in [0.717, 1.165) is 32.1 Å². The number of unbranched alkanes of at least 4 members (excludes halogenated alkanes) is 3. The molecule has 1 unspecified atom stereocenters. The molecule has 0 amide bonds. The van der Waals surface area contributed by atoms with Gasteiger partial charge in [0.25, 0.3) is 0 Å². The molecule has 1 aliphatic rings. The number of hydrogen-bond donors (Lipinski definition) is 4. The summed E-state index contributed by atoms with van der Waals surface area (Å²) < 4.78 is 5.09. The number of nitrogens with zero attached hydrogens (tertiary/aromatic N) is 1. The van der Waals surface area contributed by atoms with Gasteiger partial charge in [-0.2, -0.15) is 0 Å². The second-order valence-corrected chi connectivity index (χ2v) is 7.72. The van der Waals surface area contributed by atoms with Crippen LogP contribution in [0.25, 0.3) is 0 Å². The normalized spacial score (nSPS) is 26.1. The molecule has 1 aliphatic carbocycles. The third-order valence-electron chi connectivity index (χ3n) is 5.62. The molecule has 4 N–H and O–H groups in total. The molecule has 158 valence electrons. The van der Waals surface area contributed by atoms with Gasteiger partial charge in [-0.05, 0) is 50.0 Å². The SMILES string of the molecule is O=C(CO)CCCCCC[C@@H]1[C@@H](CCC(O)C=Nc2ccco2)[C@H](O)C[C@@H]1O. The molecule has 0 aliphatic heterocycles. The van der Waals surface area contributed by atoms with Crippen LogP contribution in [0, 0.1) is 11.8 Å². The molecule has 2 rings (SSSR count). The van der Waals surface area contributed by atoms with Gasteiger partial charge in [0.1, 0.15) is 6.61 Å². The molecule has 0 radical (unpaired) electrons. The maximum Gasteiger partial charge on any atom is 0.218 e. The summed E-state index contributed by atoms with van der Waals surface area (Å²) in [6.45, 7) is -0.383. The number of hydrogen-bond acceptors (Lipinski definition) is 7. The smallest absolute Gasteiger partial charge is 0.218 e. The van der Waals surface area contributed by atoms with Gasteiger partial charge in [0.15, 0.2) is 5.78 Å². The van der Waals surface area contributed by atoms with Crippen LogP contribution in [-0.2, 0) is 4.79 Å². The minimum absolute atomic E-state index is 0.0300.